The van der Waals surface area contributed by atoms with Crippen LogP contribution < -0.4 is 0 Å². The number of fused-ring (bicyclic) bond motifs is 7. The van der Waals surface area contributed by atoms with Crippen molar-refractivity contribution in [2.24, 2.45) is 58.2 Å². The molecule has 2 nitrogen and oxygen atoms in total. The van der Waals surface area contributed by atoms with Crippen LogP contribution in [0.25, 0.3) is 0 Å². The number of hydrogen-bond donors (Lipinski definition) is 0. The topological polar surface area (TPSA) is 40.9 Å². The lowest BCUT2D eigenvalue weighted by molar-refractivity contribution is -0.118. The second-order valence-electron chi connectivity index (χ2n) is 10.7. The minimum atomic E-state index is -0.0835. The number of ketones is 1. The third-order valence-electron chi connectivity index (χ3n) is 10.4. The molecule has 10 atom stereocenters. The van der Waals surface area contributed by atoms with E-state index in [0.717, 1.165) is 55.3 Å². The van der Waals surface area contributed by atoms with Gasteiger partial charge >= 0.3 is 0 Å². The fraction of sp³-hybridized carbons (Fsp3) is 0.840. The van der Waals surface area contributed by atoms with E-state index in [1.807, 2.05) is 6.08 Å². The summed E-state index contributed by atoms with van der Waals surface area (Å²) in [6.45, 7) is 9.55. The van der Waals surface area contributed by atoms with Crippen molar-refractivity contribution in [3.8, 4) is 6.07 Å². The summed E-state index contributed by atoms with van der Waals surface area (Å²) in [6, 6.07) is 2.96. The second kappa shape index (κ2) is 5.71. The van der Waals surface area contributed by atoms with Gasteiger partial charge in [-0.2, -0.15) is 5.26 Å². The van der Waals surface area contributed by atoms with Gasteiger partial charge in [-0.1, -0.05) is 33.3 Å². The monoisotopic (exact) mass is 365 g/mol. The second-order valence-corrected chi connectivity index (χ2v) is 10.7. The molecule has 8 unspecified atom stereocenters. The zero-order valence-corrected chi connectivity index (χ0v) is 17.5. The first-order valence-electron chi connectivity index (χ1n) is 11.6. The summed E-state index contributed by atoms with van der Waals surface area (Å²) in [7, 11) is 0. The molecule has 0 aromatic carbocycles. The Kier molecular flexibility index (Phi) is 3.80. The SMILES string of the molecule is CCC12CCC3C4CCC(=O)C=C4CC(C)C3[C@@H]1C1C(C)C1[C@@]2(C#N)CC. The summed E-state index contributed by atoms with van der Waals surface area (Å²) < 4.78 is 0. The molecule has 0 spiro atoms. The zero-order valence-electron chi connectivity index (χ0n) is 17.5. The Morgan fingerprint density at radius 3 is 2.59 bits per heavy atom. The van der Waals surface area contributed by atoms with Crippen LogP contribution in [-0.2, 0) is 4.79 Å². The maximum atomic E-state index is 12.0. The Balaban J connectivity index is 1.59. The van der Waals surface area contributed by atoms with Gasteiger partial charge in [0, 0.05) is 6.42 Å². The summed E-state index contributed by atoms with van der Waals surface area (Å²) in [6.07, 6.45) is 9.75. The van der Waals surface area contributed by atoms with Gasteiger partial charge in [0.15, 0.2) is 5.78 Å². The molecule has 0 saturated heterocycles. The van der Waals surface area contributed by atoms with Crippen molar-refractivity contribution in [3.63, 3.8) is 0 Å². The average Bonchev–Trinajstić information content (AvgIpc) is 3.23. The minimum Gasteiger partial charge on any atom is -0.295 e. The predicted octanol–water partition coefficient (Wildman–Crippen LogP) is 5.79. The number of allylic oxidation sites excluding steroid dienone is 1. The van der Waals surface area contributed by atoms with E-state index in [2.05, 4.69) is 33.8 Å². The summed E-state index contributed by atoms with van der Waals surface area (Å²) in [5.41, 5.74) is 1.64. The zero-order chi connectivity index (χ0) is 19.1. The minimum absolute atomic E-state index is 0.0835. The average molecular weight is 366 g/mol. The molecule has 2 heteroatoms. The van der Waals surface area contributed by atoms with E-state index in [0.29, 0.717) is 23.5 Å². The first-order valence-corrected chi connectivity index (χ1v) is 11.6. The van der Waals surface area contributed by atoms with Crippen LogP contribution in [0.3, 0.4) is 0 Å². The van der Waals surface area contributed by atoms with Crippen LogP contribution in [0.15, 0.2) is 11.6 Å². The fourth-order valence-corrected chi connectivity index (χ4v) is 9.62. The molecule has 0 radical (unpaired) electrons. The molecule has 0 aromatic heterocycles. The van der Waals surface area contributed by atoms with E-state index in [-0.39, 0.29) is 10.8 Å². The fourth-order valence-electron chi connectivity index (χ4n) is 9.62. The highest BCUT2D eigenvalue weighted by Crippen LogP contribution is 2.82. The molecule has 5 rings (SSSR count). The van der Waals surface area contributed by atoms with Crippen LogP contribution in [0.5, 0.6) is 0 Å². The third kappa shape index (κ3) is 1.95. The standard InChI is InChI=1S/C25H35NO/c1-5-24-10-9-19-18-8-7-17(27)12-16(18)11-14(3)20(19)23(24)21-15(4)22(21)25(24,6-2)13-26/h12,14-15,18-23H,5-11H2,1-4H3/t14?,15?,18?,19?,20?,21?,22?,23-,24?,25+/m1/s1. The number of nitriles is 1. The van der Waals surface area contributed by atoms with E-state index in [4.69, 9.17) is 0 Å². The van der Waals surface area contributed by atoms with E-state index in [1.54, 1.807) is 0 Å². The number of carbonyl (C=O) groups excluding carboxylic acids is 1. The Bertz CT molecular complexity index is 746. The van der Waals surface area contributed by atoms with Crippen LogP contribution in [0.1, 0.15) is 72.6 Å². The Morgan fingerprint density at radius 1 is 1.15 bits per heavy atom. The summed E-state index contributed by atoms with van der Waals surface area (Å²) >= 11 is 0. The smallest absolute Gasteiger partial charge is 0.155 e. The Morgan fingerprint density at radius 2 is 1.93 bits per heavy atom. The lowest BCUT2D eigenvalue weighted by Gasteiger charge is -2.60. The number of rotatable bonds is 2. The first kappa shape index (κ1) is 18.0. The van der Waals surface area contributed by atoms with Crippen LogP contribution >= 0.6 is 0 Å². The van der Waals surface area contributed by atoms with Crippen LogP contribution in [0.2, 0.25) is 0 Å². The number of hydrogen-bond acceptors (Lipinski definition) is 2. The van der Waals surface area contributed by atoms with Crippen molar-refractivity contribution in [2.45, 2.75) is 72.6 Å². The highest BCUT2D eigenvalue weighted by Gasteiger charge is 2.79. The van der Waals surface area contributed by atoms with Gasteiger partial charge in [-0.05, 0) is 97.4 Å². The van der Waals surface area contributed by atoms with Crippen molar-refractivity contribution >= 4 is 5.78 Å². The van der Waals surface area contributed by atoms with Gasteiger partial charge in [-0.3, -0.25) is 4.79 Å². The van der Waals surface area contributed by atoms with Gasteiger partial charge in [-0.25, -0.2) is 0 Å². The van der Waals surface area contributed by atoms with Crippen molar-refractivity contribution < 1.29 is 4.79 Å². The van der Waals surface area contributed by atoms with Crippen LogP contribution in [0, 0.1) is 69.5 Å². The Labute approximate surface area is 164 Å². The van der Waals surface area contributed by atoms with Crippen molar-refractivity contribution in [1.29, 1.82) is 5.26 Å². The summed E-state index contributed by atoms with van der Waals surface area (Å²) in [4.78, 5) is 12.0. The van der Waals surface area contributed by atoms with Crippen molar-refractivity contribution in [2.75, 3.05) is 0 Å². The molecular formula is C25H35NO. The molecular weight excluding hydrogens is 330 g/mol. The quantitative estimate of drug-likeness (QED) is 0.622. The van der Waals surface area contributed by atoms with Crippen LogP contribution in [0.4, 0.5) is 0 Å². The molecule has 0 bridgehead atoms. The molecule has 0 aromatic rings. The molecule has 27 heavy (non-hydrogen) atoms. The molecule has 5 aliphatic carbocycles. The highest BCUT2D eigenvalue weighted by atomic mass is 16.1. The van der Waals surface area contributed by atoms with E-state index in [1.165, 1.54) is 24.8 Å². The van der Waals surface area contributed by atoms with Gasteiger partial charge in [0.25, 0.3) is 0 Å². The van der Waals surface area contributed by atoms with Gasteiger partial charge < -0.3 is 0 Å². The molecule has 0 aliphatic heterocycles. The lowest BCUT2D eigenvalue weighted by atomic mass is 9.43. The molecule has 0 amide bonds. The maximum absolute atomic E-state index is 12.0. The molecule has 0 N–H and O–H groups in total. The molecule has 5 aliphatic rings. The van der Waals surface area contributed by atoms with E-state index >= 15 is 0 Å². The van der Waals surface area contributed by atoms with E-state index < -0.39 is 0 Å². The third-order valence-corrected chi connectivity index (χ3v) is 10.4. The van der Waals surface area contributed by atoms with Gasteiger partial charge in [0.05, 0.1) is 11.5 Å². The number of carbonyl (C=O) groups is 1. The van der Waals surface area contributed by atoms with E-state index in [9.17, 15) is 10.1 Å². The highest BCUT2D eigenvalue weighted by molar-refractivity contribution is 5.91. The molecule has 4 saturated carbocycles. The predicted molar refractivity (Wildman–Crippen MR) is 107 cm³/mol. The van der Waals surface area contributed by atoms with Gasteiger partial charge in [-0.15, -0.1) is 0 Å². The summed E-state index contributed by atoms with van der Waals surface area (Å²) in [5, 5.41) is 10.4. The summed E-state index contributed by atoms with van der Waals surface area (Å²) in [5.74, 6) is 6.14. The Hall–Kier alpha value is -1.10. The number of nitrogens with zero attached hydrogens (tertiary/aromatic N) is 1. The van der Waals surface area contributed by atoms with Crippen LogP contribution in [-0.4, -0.2) is 5.78 Å². The molecule has 146 valence electrons. The largest absolute Gasteiger partial charge is 0.295 e. The first-order chi connectivity index (χ1) is 13.0. The molecule has 4 fully saturated rings. The van der Waals surface area contributed by atoms with Crippen molar-refractivity contribution in [3.05, 3.63) is 11.6 Å². The lowest BCUT2D eigenvalue weighted by Crippen LogP contribution is -2.55. The maximum Gasteiger partial charge on any atom is 0.155 e. The normalized spacial score (nSPS) is 55.5. The van der Waals surface area contributed by atoms with Gasteiger partial charge in [0.2, 0.25) is 0 Å². The van der Waals surface area contributed by atoms with Crippen molar-refractivity contribution in [1.82, 2.24) is 0 Å². The van der Waals surface area contributed by atoms with Gasteiger partial charge in [0.1, 0.15) is 0 Å². The molecule has 0 heterocycles.